The molecule has 1 atom stereocenters. The van der Waals surface area contributed by atoms with Crippen LogP contribution in [0.5, 0.6) is 5.75 Å². The molecule has 1 heterocycles. The van der Waals surface area contributed by atoms with E-state index in [1.165, 1.54) is 29.5 Å². The third kappa shape index (κ3) is 1.53. The normalized spacial score (nSPS) is 23.7. The smallest absolute Gasteiger partial charge is 0.127 e. The summed E-state index contributed by atoms with van der Waals surface area (Å²) >= 11 is 0. The third-order valence-electron chi connectivity index (χ3n) is 3.49. The highest BCUT2D eigenvalue weighted by Gasteiger charge is 2.31. The van der Waals surface area contributed by atoms with E-state index in [2.05, 4.69) is 31.3 Å². The number of benzene rings is 1. The molecule has 1 aliphatic heterocycles. The van der Waals surface area contributed by atoms with Crippen molar-refractivity contribution < 1.29 is 4.74 Å². The van der Waals surface area contributed by atoms with Crippen molar-refractivity contribution in [1.82, 2.24) is 5.32 Å². The number of nitrogens with one attached hydrogen (secondary N) is 1. The van der Waals surface area contributed by atoms with Crippen molar-refractivity contribution in [3.8, 4) is 5.75 Å². The Labute approximate surface area is 90.6 Å². The van der Waals surface area contributed by atoms with Gasteiger partial charge in [-0.25, -0.2) is 0 Å². The summed E-state index contributed by atoms with van der Waals surface area (Å²) in [7, 11) is 0. The molecule has 1 aromatic carbocycles. The summed E-state index contributed by atoms with van der Waals surface area (Å²) in [6.07, 6.45) is 2.66. The van der Waals surface area contributed by atoms with Gasteiger partial charge in [0.15, 0.2) is 0 Å². The van der Waals surface area contributed by atoms with E-state index in [4.69, 9.17) is 4.74 Å². The average Bonchev–Trinajstić information content (AvgIpc) is 2.93. The van der Waals surface area contributed by atoms with Crippen molar-refractivity contribution in [1.29, 1.82) is 0 Å². The molecule has 1 aromatic rings. The van der Waals surface area contributed by atoms with Crippen LogP contribution in [0.2, 0.25) is 0 Å². The van der Waals surface area contributed by atoms with Crippen molar-refractivity contribution in [2.45, 2.75) is 38.8 Å². The molecule has 3 rings (SSSR count). The molecular formula is C13H17NO. The van der Waals surface area contributed by atoms with Gasteiger partial charge in [0.1, 0.15) is 12.4 Å². The van der Waals surface area contributed by atoms with E-state index in [0.29, 0.717) is 6.04 Å². The second kappa shape index (κ2) is 3.24. The monoisotopic (exact) mass is 203 g/mol. The molecule has 2 nitrogen and oxygen atoms in total. The molecule has 1 fully saturated rings. The van der Waals surface area contributed by atoms with Crippen LogP contribution in [0.4, 0.5) is 0 Å². The number of fused-ring (bicyclic) bond motifs is 1. The Balaban J connectivity index is 1.92. The minimum absolute atomic E-state index is 0.423. The molecule has 0 aromatic heterocycles. The van der Waals surface area contributed by atoms with Crippen molar-refractivity contribution >= 4 is 0 Å². The van der Waals surface area contributed by atoms with Gasteiger partial charge in [0.05, 0.1) is 6.04 Å². The fourth-order valence-corrected chi connectivity index (χ4v) is 2.21. The Bertz CT molecular complexity index is 396. The summed E-state index contributed by atoms with van der Waals surface area (Å²) in [6, 6.07) is 5.58. The molecule has 1 unspecified atom stereocenters. The Hall–Kier alpha value is -1.02. The first kappa shape index (κ1) is 9.22. The maximum absolute atomic E-state index is 5.79. The van der Waals surface area contributed by atoms with Gasteiger partial charge < -0.3 is 10.1 Å². The van der Waals surface area contributed by atoms with Crippen molar-refractivity contribution in [2.24, 2.45) is 0 Å². The van der Waals surface area contributed by atoms with Gasteiger partial charge in [0.2, 0.25) is 0 Å². The molecule has 0 saturated heterocycles. The van der Waals surface area contributed by atoms with Crippen LogP contribution >= 0.6 is 0 Å². The fourth-order valence-electron chi connectivity index (χ4n) is 2.21. The van der Waals surface area contributed by atoms with Crippen LogP contribution in [0.1, 0.15) is 35.6 Å². The van der Waals surface area contributed by atoms with Crippen molar-refractivity contribution in [2.75, 3.05) is 6.61 Å². The summed E-state index contributed by atoms with van der Waals surface area (Å²) in [5.74, 6) is 1.12. The van der Waals surface area contributed by atoms with Crippen LogP contribution in [0.15, 0.2) is 12.1 Å². The molecule has 0 radical (unpaired) electrons. The fraction of sp³-hybridized carbons (Fsp3) is 0.538. The Morgan fingerprint density at radius 2 is 2.07 bits per heavy atom. The van der Waals surface area contributed by atoms with Crippen molar-refractivity contribution in [3.63, 3.8) is 0 Å². The predicted octanol–water partition coefficient (Wildman–Crippen LogP) is 2.49. The largest absolute Gasteiger partial charge is 0.491 e. The SMILES string of the molecule is Cc1ccc2c(c1C)OCC2NC1CC1. The van der Waals surface area contributed by atoms with Crippen molar-refractivity contribution in [3.05, 3.63) is 28.8 Å². The zero-order chi connectivity index (χ0) is 10.4. The quantitative estimate of drug-likeness (QED) is 0.797. The molecule has 1 N–H and O–H groups in total. The zero-order valence-corrected chi connectivity index (χ0v) is 9.34. The van der Waals surface area contributed by atoms with E-state index in [9.17, 15) is 0 Å². The van der Waals surface area contributed by atoms with Gasteiger partial charge >= 0.3 is 0 Å². The van der Waals surface area contributed by atoms with Gasteiger partial charge in [0, 0.05) is 11.6 Å². The highest BCUT2D eigenvalue weighted by atomic mass is 16.5. The molecule has 15 heavy (non-hydrogen) atoms. The van der Waals surface area contributed by atoms with Gasteiger partial charge in [0.25, 0.3) is 0 Å². The van der Waals surface area contributed by atoms with E-state index in [1.807, 2.05) is 0 Å². The lowest BCUT2D eigenvalue weighted by molar-refractivity contribution is 0.309. The molecule has 0 amide bonds. The number of ether oxygens (including phenoxy) is 1. The van der Waals surface area contributed by atoms with Gasteiger partial charge in [-0.3, -0.25) is 0 Å². The van der Waals surface area contributed by atoms with Crippen LogP contribution in [0.3, 0.4) is 0 Å². The van der Waals surface area contributed by atoms with Crippen LogP contribution in [0, 0.1) is 13.8 Å². The van der Waals surface area contributed by atoms with Gasteiger partial charge in [-0.2, -0.15) is 0 Å². The Morgan fingerprint density at radius 1 is 1.27 bits per heavy atom. The lowest BCUT2D eigenvalue weighted by Crippen LogP contribution is -2.24. The molecule has 0 spiro atoms. The highest BCUT2D eigenvalue weighted by molar-refractivity contribution is 5.49. The molecule has 2 heteroatoms. The predicted molar refractivity (Wildman–Crippen MR) is 60.3 cm³/mol. The summed E-state index contributed by atoms with van der Waals surface area (Å²) < 4.78 is 5.79. The minimum Gasteiger partial charge on any atom is -0.491 e. The maximum Gasteiger partial charge on any atom is 0.127 e. The Kier molecular flexibility index (Phi) is 1.99. The summed E-state index contributed by atoms with van der Waals surface area (Å²) in [6.45, 7) is 5.09. The second-order valence-electron chi connectivity index (χ2n) is 4.73. The minimum atomic E-state index is 0.423. The number of hydrogen-bond acceptors (Lipinski definition) is 2. The molecule has 2 aliphatic rings. The first-order valence-corrected chi connectivity index (χ1v) is 5.74. The zero-order valence-electron chi connectivity index (χ0n) is 9.34. The molecular weight excluding hydrogens is 186 g/mol. The third-order valence-corrected chi connectivity index (χ3v) is 3.49. The molecule has 1 saturated carbocycles. The maximum atomic E-state index is 5.79. The Morgan fingerprint density at radius 3 is 2.80 bits per heavy atom. The highest BCUT2D eigenvalue weighted by Crippen LogP contribution is 2.38. The van der Waals surface area contributed by atoms with Crippen LogP contribution < -0.4 is 10.1 Å². The van der Waals surface area contributed by atoms with Gasteiger partial charge in [-0.15, -0.1) is 0 Å². The van der Waals surface area contributed by atoms with Crippen LogP contribution in [-0.2, 0) is 0 Å². The second-order valence-corrected chi connectivity index (χ2v) is 4.73. The van der Waals surface area contributed by atoms with E-state index < -0.39 is 0 Å². The summed E-state index contributed by atoms with van der Waals surface area (Å²) in [5, 5.41) is 3.63. The van der Waals surface area contributed by atoms with Crippen LogP contribution in [0.25, 0.3) is 0 Å². The van der Waals surface area contributed by atoms with Crippen LogP contribution in [-0.4, -0.2) is 12.6 Å². The van der Waals surface area contributed by atoms with Gasteiger partial charge in [-0.05, 0) is 37.8 Å². The van der Waals surface area contributed by atoms with E-state index in [0.717, 1.165) is 18.4 Å². The lowest BCUT2D eigenvalue weighted by Gasteiger charge is -2.11. The van der Waals surface area contributed by atoms with E-state index in [1.54, 1.807) is 0 Å². The summed E-state index contributed by atoms with van der Waals surface area (Å²) in [5.41, 5.74) is 3.97. The standard InChI is InChI=1S/C13H17NO/c1-8-3-6-11-12(14-10-4-5-10)7-15-13(11)9(8)2/h3,6,10,12,14H,4-5,7H2,1-2H3. The number of hydrogen-bond donors (Lipinski definition) is 1. The summed E-state index contributed by atoms with van der Waals surface area (Å²) in [4.78, 5) is 0. The first-order valence-electron chi connectivity index (χ1n) is 5.74. The molecule has 0 bridgehead atoms. The average molecular weight is 203 g/mol. The topological polar surface area (TPSA) is 21.3 Å². The number of aryl methyl sites for hydroxylation is 1. The molecule has 1 aliphatic carbocycles. The van der Waals surface area contributed by atoms with E-state index in [-0.39, 0.29) is 0 Å². The first-order chi connectivity index (χ1) is 7.25. The lowest BCUT2D eigenvalue weighted by atomic mass is 10.0. The number of rotatable bonds is 2. The molecule has 80 valence electrons. The van der Waals surface area contributed by atoms with Gasteiger partial charge in [-0.1, -0.05) is 12.1 Å². The van der Waals surface area contributed by atoms with E-state index >= 15 is 0 Å².